The summed E-state index contributed by atoms with van der Waals surface area (Å²) in [5.41, 5.74) is -5.53. The van der Waals surface area contributed by atoms with E-state index >= 15 is 0 Å². The maximum Gasteiger partial charge on any atom is 2.00 e. The molecule has 0 aliphatic heterocycles. The van der Waals surface area contributed by atoms with Gasteiger partial charge in [0, 0.05) is 0 Å². The summed E-state index contributed by atoms with van der Waals surface area (Å²) in [5, 5.41) is 7.12. The Morgan fingerprint density at radius 3 is 1.12 bits per heavy atom. The Labute approximate surface area is 114 Å². The third-order valence-electron chi connectivity index (χ3n) is 0.535. The summed E-state index contributed by atoms with van der Waals surface area (Å²) in [6, 6.07) is 0. The van der Waals surface area contributed by atoms with E-state index in [0.717, 1.165) is 0 Å². The topological polar surface area (TPSA) is 91.7 Å². The SMILES string of the molecule is O=C(O)C(F)(F)F.O=S(=O)(O)C(F)(F)F.[Cu+2].[Pd+2]. The van der Waals surface area contributed by atoms with Crippen LogP contribution in [0.3, 0.4) is 0 Å². The van der Waals surface area contributed by atoms with Gasteiger partial charge in [-0.2, -0.15) is 34.8 Å². The molecule has 0 saturated carbocycles. The predicted octanol–water partition coefficient (Wildman–Crippen LogP) is 1.02. The van der Waals surface area contributed by atoms with Crippen molar-refractivity contribution in [1.29, 1.82) is 0 Å². The van der Waals surface area contributed by atoms with Crippen LogP contribution in [0.5, 0.6) is 0 Å². The smallest absolute Gasteiger partial charge is 0.475 e. The minimum Gasteiger partial charge on any atom is -0.475 e. The van der Waals surface area contributed by atoms with Gasteiger partial charge in [-0.25, -0.2) is 4.79 Å². The molecule has 1 radical (unpaired) electrons. The zero-order valence-corrected chi connectivity index (χ0v) is 10.2. The van der Waals surface area contributed by atoms with Crippen molar-refractivity contribution in [3.8, 4) is 0 Å². The van der Waals surface area contributed by atoms with Crippen LogP contribution in [0.25, 0.3) is 0 Å². The number of aliphatic carboxylic acids is 1. The van der Waals surface area contributed by atoms with Gasteiger partial charge in [0.1, 0.15) is 0 Å². The molecule has 0 amide bonds. The van der Waals surface area contributed by atoms with E-state index in [1.165, 1.54) is 0 Å². The van der Waals surface area contributed by atoms with E-state index in [0.29, 0.717) is 0 Å². The van der Waals surface area contributed by atoms with E-state index in [-0.39, 0.29) is 37.5 Å². The summed E-state index contributed by atoms with van der Waals surface area (Å²) in [4.78, 5) is 8.90. The minimum absolute atomic E-state index is 0. The van der Waals surface area contributed by atoms with Crippen LogP contribution in [0.2, 0.25) is 0 Å². The number of hydrogen-bond acceptors (Lipinski definition) is 3. The van der Waals surface area contributed by atoms with Crippen LogP contribution in [0, 0.1) is 0 Å². The van der Waals surface area contributed by atoms with Crippen molar-refractivity contribution in [2.24, 2.45) is 0 Å². The summed E-state index contributed by atoms with van der Waals surface area (Å²) in [7, 11) is -5.84. The molecule has 0 fully saturated rings. The van der Waals surface area contributed by atoms with Gasteiger partial charge < -0.3 is 5.11 Å². The number of halogens is 6. The van der Waals surface area contributed by atoms with E-state index in [1.807, 2.05) is 0 Å². The van der Waals surface area contributed by atoms with Gasteiger partial charge in [-0.3, -0.25) is 4.55 Å². The van der Waals surface area contributed by atoms with Crippen molar-refractivity contribution in [2.75, 3.05) is 0 Å². The molecule has 109 valence electrons. The van der Waals surface area contributed by atoms with Crippen LogP contribution in [0.1, 0.15) is 0 Å². The second kappa shape index (κ2) is 8.28. The number of carboxylic acid groups (broad SMARTS) is 1. The van der Waals surface area contributed by atoms with Crippen LogP contribution < -0.4 is 0 Å². The first-order valence-electron chi connectivity index (χ1n) is 2.53. The third kappa shape index (κ3) is 14.1. The second-order valence-corrected chi connectivity index (χ2v) is 3.14. The van der Waals surface area contributed by atoms with Crippen molar-refractivity contribution in [3.05, 3.63) is 0 Å². The van der Waals surface area contributed by atoms with Crippen LogP contribution in [0.4, 0.5) is 26.3 Å². The van der Waals surface area contributed by atoms with Crippen LogP contribution in [-0.2, 0) is 52.4 Å². The van der Waals surface area contributed by atoms with Gasteiger partial charge in [0.25, 0.3) is 0 Å². The molecule has 0 atom stereocenters. The second-order valence-electron chi connectivity index (χ2n) is 1.72. The van der Waals surface area contributed by atoms with Crippen LogP contribution in [0.15, 0.2) is 0 Å². The monoisotopic (exact) mass is 433 g/mol. The Hall–Kier alpha value is 0.142. The normalized spacial score (nSPS) is 11.2. The fraction of sp³-hybridized carbons (Fsp3) is 0.667. The molecular weight excluding hydrogens is 432 g/mol. The Morgan fingerprint density at radius 1 is 1.00 bits per heavy atom. The van der Waals surface area contributed by atoms with Crippen molar-refractivity contribution in [2.45, 2.75) is 11.7 Å². The summed E-state index contributed by atoms with van der Waals surface area (Å²) in [6.07, 6.45) is -5.08. The summed E-state index contributed by atoms with van der Waals surface area (Å²) in [5.74, 6) is -2.76. The molecular formula is C3H2CuF6O5PdS+4. The molecule has 0 bridgehead atoms. The molecule has 0 saturated heterocycles. The van der Waals surface area contributed by atoms with E-state index in [1.54, 1.807) is 0 Å². The molecule has 0 rings (SSSR count). The number of carboxylic acids is 1. The standard InChI is InChI=1S/C2HF3O2.CHF3O3S.Cu.Pd/c3-2(4,5)1(6)7;2-1(3,4)8(5,6)7;;/h(H,6,7);(H,5,6,7);;/q;;2*+2. The van der Waals surface area contributed by atoms with Gasteiger partial charge in [0.15, 0.2) is 0 Å². The van der Waals surface area contributed by atoms with Gasteiger partial charge in [-0.1, -0.05) is 0 Å². The predicted molar refractivity (Wildman–Crippen MR) is 31.3 cm³/mol. The number of hydrogen-bond donors (Lipinski definition) is 2. The van der Waals surface area contributed by atoms with Gasteiger partial charge in [0.2, 0.25) is 0 Å². The molecule has 2 N–H and O–H groups in total. The summed E-state index contributed by atoms with van der Waals surface area (Å²) >= 11 is 0. The number of carbonyl (C=O) groups is 1. The molecule has 0 aromatic rings. The maximum atomic E-state index is 10.7. The molecule has 0 spiro atoms. The van der Waals surface area contributed by atoms with E-state index < -0.39 is 27.8 Å². The fourth-order valence-corrected chi connectivity index (χ4v) is 0. The molecule has 14 heteroatoms. The van der Waals surface area contributed by atoms with Gasteiger partial charge >= 0.3 is 65.3 Å². The first-order chi connectivity index (χ1) is 6.19. The van der Waals surface area contributed by atoms with Gasteiger partial charge in [0.05, 0.1) is 0 Å². The molecule has 0 aromatic heterocycles. The Bertz CT molecular complexity index is 322. The van der Waals surface area contributed by atoms with Crippen LogP contribution in [-0.4, -0.2) is 35.7 Å². The first kappa shape index (κ1) is 25.9. The average Bonchev–Trinajstić information content (AvgIpc) is 1.80. The van der Waals surface area contributed by atoms with Crippen molar-refractivity contribution in [3.63, 3.8) is 0 Å². The molecule has 0 aromatic carbocycles. The maximum absolute atomic E-state index is 10.7. The van der Waals surface area contributed by atoms with Crippen LogP contribution >= 0.6 is 0 Å². The molecule has 0 unspecified atom stereocenters. The van der Waals surface area contributed by atoms with Crippen molar-refractivity contribution in [1.82, 2.24) is 0 Å². The van der Waals surface area contributed by atoms with E-state index in [4.69, 9.17) is 22.9 Å². The fourth-order valence-electron chi connectivity index (χ4n) is 0. The molecule has 0 heterocycles. The average molecular weight is 434 g/mol. The van der Waals surface area contributed by atoms with Gasteiger partial charge in [-0.15, -0.1) is 0 Å². The number of rotatable bonds is 0. The molecule has 0 aliphatic carbocycles. The molecule has 5 nitrogen and oxygen atoms in total. The zero-order valence-electron chi connectivity index (χ0n) is 6.91. The summed E-state index contributed by atoms with van der Waals surface area (Å²) < 4.78 is 89.3. The number of alkyl halides is 6. The van der Waals surface area contributed by atoms with Gasteiger partial charge in [-0.05, 0) is 0 Å². The van der Waals surface area contributed by atoms with E-state index in [2.05, 4.69) is 0 Å². The van der Waals surface area contributed by atoms with E-state index in [9.17, 15) is 26.3 Å². The molecule has 0 aliphatic rings. The van der Waals surface area contributed by atoms with Crippen molar-refractivity contribution >= 4 is 16.1 Å². The third-order valence-corrected chi connectivity index (χ3v) is 1.12. The van der Waals surface area contributed by atoms with Crippen molar-refractivity contribution < 1.29 is 86.7 Å². The first-order valence-corrected chi connectivity index (χ1v) is 3.97. The summed E-state index contributed by atoms with van der Waals surface area (Å²) in [6.45, 7) is 0. The largest absolute Gasteiger partial charge is 2.00 e. The molecule has 17 heavy (non-hydrogen) atoms. The zero-order chi connectivity index (χ0) is 13.1. The minimum atomic E-state index is -5.84. The quantitative estimate of drug-likeness (QED) is 0.257. The Kier molecular flexibility index (Phi) is 12.6. The Balaban J connectivity index is -0.0000000896. The Morgan fingerprint density at radius 2 is 1.12 bits per heavy atom.